The van der Waals surface area contributed by atoms with Crippen molar-refractivity contribution in [1.82, 2.24) is 15.3 Å². The van der Waals surface area contributed by atoms with Crippen molar-refractivity contribution in [3.05, 3.63) is 54.5 Å². The van der Waals surface area contributed by atoms with Crippen LogP contribution < -0.4 is 5.32 Å². The Bertz CT molecular complexity index is 509. The molecule has 0 radical (unpaired) electrons. The highest BCUT2D eigenvalue weighted by Gasteiger charge is 2.30. The molecule has 0 aliphatic rings. The first-order chi connectivity index (χ1) is 9.80. The number of hydrogen-bond acceptors (Lipinski definition) is 5. The lowest BCUT2D eigenvalue weighted by atomic mass is 9.92. The van der Waals surface area contributed by atoms with Gasteiger partial charge in [-0.25, -0.2) is 4.98 Å². The summed E-state index contributed by atoms with van der Waals surface area (Å²) in [6.45, 7) is 2.87. The minimum atomic E-state index is -0.460. The predicted molar refractivity (Wildman–Crippen MR) is 81.6 cm³/mol. The van der Waals surface area contributed by atoms with Gasteiger partial charge in [0.25, 0.3) is 0 Å². The van der Waals surface area contributed by atoms with E-state index < -0.39 is 5.54 Å². The van der Waals surface area contributed by atoms with Crippen LogP contribution in [-0.2, 0) is 5.54 Å². The molecule has 0 bridgehead atoms. The van der Waals surface area contributed by atoms with Crippen molar-refractivity contribution in [2.45, 2.75) is 17.5 Å². The monoisotopic (exact) mass is 289 g/mol. The highest BCUT2D eigenvalue weighted by atomic mass is 32.2. The first-order valence-corrected chi connectivity index (χ1v) is 7.59. The fourth-order valence-corrected chi connectivity index (χ4v) is 3.11. The normalized spacial score (nSPS) is 13.9. The highest BCUT2D eigenvalue weighted by Crippen LogP contribution is 2.28. The molecule has 0 aliphatic carbocycles. The molecule has 1 heterocycles. The molecular formula is C15H19N3OS. The van der Waals surface area contributed by atoms with Crippen molar-refractivity contribution in [3.8, 4) is 0 Å². The lowest BCUT2D eigenvalue weighted by molar-refractivity contribution is 0.181. The van der Waals surface area contributed by atoms with E-state index >= 15 is 0 Å². The van der Waals surface area contributed by atoms with Gasteiger partial charge in [-0.15, -0.1) is 11.8 Å². The van der Waals surface area contributed by atoms with Crippen molar-refractivity contribution in [1.29, 1.82) is 0 Å². The minimum absolute atomic E-state index is 0.0398. The average Bonchev–Trinajstić information content (AvgIpc) is 2.53. The highest BCUT2D eigenvalue weighted by molar-refractivity contribution is 7.99. The van der Waals surface area contributed by atoms with Gasteiger partial charge in [-0.05, 0) is 12.1 Å². The van der Waals surface area contributed by atoms with Crippen molar-refractivity contribution in [2.75, 3.05) is 18.9 Å². The third-order valence-electron chi connectivity index (χ3n) is 3.12. The van der Waals surface area contributed by atoms with Gasteiger partial charge >= 0.3 is 0 Å². The summed E-state index contributed by atoms with van der Waals surface area (Å²) < 4.78 is 0. The molecule has 1 unspecified atom stereocenters. The minimum Gasteiger partial charge on any atom is -0.394 e. The number of aliphatic hydroxyl groups is 1. The lowest BCUT2D eigenvalue weighted by Gasteiger charge is -2.33. The number of nitrogens with zero attached hydrogens (tertiary/aromatic N) is 2. The Morgan fingerprint density at radius 2 is 2.05 bits per heavy atom. The number of nitrogens with one attached hydrogen (secondary N) is 1. The van der Waals surface area contributed by atoms with Crippen LogP contribution in [0.25, 0.3) is 0 Å². The van der Waals surface area contributed by atoms with Gasteiger partial charge in [0.05, 0.1) is 18.3 Å². The van der Waals surface area contributed by atoms with Crippen LogP contribution >= 0.6 is 11.8 Å². The standard InChI is InChI=1S/C15H19N3OS/c1-2-18-15(11-19,13-6-4-3-5-7-13)12-20-14-10-16-8-9-17-14/h3-10,18-19H,2,11-12H2,1H3. The van der Waals surface area contributed by atoms with E-state index in [-0.39, 0.29) is 6.61 Å². The zero-order valence-electron chi connectivity index (χ0n) is 11.5. The molecule has 2 N–H and O–H groups in total. The van der Waals surface area contributed by atoms with Crippen molar-refractivity contribution < 1.29 is 5.11 Å². The lowest BCUT2D eigenvalue weighted by Crippen LogP contribution is -2.47. The number of aliphatic hydroxyl groups excluding tert-OH is 1. The third kappa shape index (κ3) is 3.56. The molecule has 20 heavy (non-hydrogen) atoms. The SMILES string of the molecule is CCNC(CO)(CSc1cnccn1)c1ccccc1. The van der Waals surface area contributed by atoms with Crippen LogP contribution in [-0.4, -0.2) is 34.0 Å². The zero-order valence-corrected chi connectivity index (χ0v) is 12.3. The molecule has 1 aromatic carbocycles. The van der Waals surface area contributed by atoms with Gasteiger partial charge in [0.2, 0.25) is 0 Å². The van der Waals surface area contributed by atoms with E-state index in [0.29, 0.717) is 5.75 Å². The van der Waals surface area contributed by atoms with Crippen molar-refractivity contribution in [2.24, 2.45) is 0 Å². The van der Waals surface area contributed by atoms with E-state index in [9.17, 15) is 5.11 Å². The Morgan fingerprint density at radius 3 is 2.65 bits per heavy atom. The number of benzene rings is 1. The molecule has 0 spiro atoms. The third-order valence-corrected chi connectivity index (χ3v) is 4.26. The Hall–Kier alpha value is -1.43. The number of aromatic nitrogens is 2. The Labute approximate surface area is 123 Å². The summed E-state index contributed by atoms with van der Waals surface area (Å²) in [6, 6.07) is 10.0. The summed E-state index contributed by atoms with van der Waals surface area (Å²) in [7, 11) is 0. The number of hydrogen-bond donors (Lipinski definition) is 2. The molecule has 5 heteroatoms. The van der Waals surface area contributed by atoms with Gasteiger partial charge in [-0.1, -0.05) is 37.3 Å². The van der Waals surface area contributed by atoms with Crippen molar-refractivity contribution >= 4 is 11.8 Å². The Kier molecular flexibility index (Phi) is 5.52. The maximum atomic E-state index is 9.93. The van der Waals surface area contributed by atoms with Crippen LogP contribution in [0.3, 0.4) is 0 Å². The van der Waals surface area contributed by atoms with Crippen LogP contribution in [0.1, 0.15) is 12.5 Å². The van der Waals surface area contributed by atoms with Gasteiger partial charge in [-0.3, -0.25) is 4.98 Å². The predicted octanol–water partition coefficient (Wildman–Crippen LogP) is 2.07. The Balaban J connectivity index is 2.19. The summed E-state index contributed by atoms with van der Waals surface area (Å²) in [5.74, 6) is 0.694. The van der Waals surface area contributed by atoms with Gasteiger partial charge in [-0.2, -0.15) is 0 Å². The molecule has 2 rings (SSSR count). The molecule has 106 valence electrons. The maximum absolute atomic E-state index is 9.93. The van der Waals surface area contributed by atoms with Crippen LogP contribution in [0.15, 0.2) is 53.9 Å². The van der Waals surface area contributed by atoms with Gasteiger partial charge in [0.15, 0.2) is 0 Å². The van der Waals surface area contributed by atoms with Crippen LogP contribution in [0, 0.1) is 0 Å². The first-order valence-electron chi connectivity index (χ1n) is 6.61. The Morgan fingerprint density at radius 1 is 1.25 bits per heavy atom. The molecule has 0 amide bonds. The second-order valence-corrected chi connectivity index (χ2v) is 5.46. The van der Waals surface area contributed by atoms with Crippen LogP contribution in [0.4, 0.5) is 0 Å². The fourth-order valence-electron chi connectivity index (χ4n) is 2.08. The summed E-state index contributed by atoms with van der Waals surface area (Å²) >= 11 is 1.59. The van der Waals surface area contributed by atoms with E-state index in [1.807, 2.05) is 37.3 Å². The van der Waals surface area contributed by atoms with E-state index in [4.69, 9.17) is 0 Å². The molecule has 0 fully saturated rings. The van der Waals surface area contributed by atoms with E-state index in [0.717, 1.165) is 17.1 Å². The molecule has 1 atom stereocenters. The molecule has 1 aromatic heterocycles. The molecule has 0 saturated heterocycles. The maximum Gasteiger partial charge on any atom is 0.114 e. The van der Waals surface area contributed by atoms with Gasteiger partial charge < -0.3 is 10.4 Å². The van der Waals surface area contributed by atoms with Gasteiger partial charge in [0, 0.05) is 18.1 Å². The van der Waals surface area contributed by atoms with E-state index in [2.05, 4.69) is 15.3 Å². The smallest absolute Gasteiger partial charge is 0.114 e. The number of likely N-dealkylation sites (N-methyl/N-ethyl adjacent to an activating group) is 1. The van der Waals surface area contributed by atoms with Crippen LogP contribution in [0.5, 0.6) is 0 Å². The fraction of sp³-hybridized carbons (Fsp3) is 0.333. The number of rotatable bonds is 7. The molecule has 4 nitrogen and oxygen atoms in total. The summed E-state index contributed by atoms with van der Waals surface area (Å²) in [6.07, 6.45) is 5.08. The summed E-state index contributed by atoms with van der Waals surface area (Å²) in [4.78, 5) is 8.32. The summed E-state index contributed by atoms with van der Waals surface area (Å²) in [5.41, 5.74) is 0.624. The molecule has 0 aliphatic heterocycles. The second kappa shape index (κ2) is 7.38. The van der Waals surface area contributed by atoms with Gasteiger partial charge in [0.1, 0.15) is 5.03 Å². The molecule has 2 aromatic rings. The van der Waals surface area contributed by atoms with Crippen molar-refractivity contribution in [3.63, 3.8) is 0 Å². The topological polar surface area (TPSA) is 58.0 Å². The largest absolute Gasteiger partial charge is 0.394 e. The molecule has 0 saturated carbocycles. The first kappa shape index (κ1) is 15.0. The van der Waals surface area contributed by atoms with Crippen LogP contribution in [0.2, 0.25) is 0 Å². The zero-order chi connectivity index (χ0) is 14.3. The second-order valence-electron chi connectivity index (χ2n) is 4.47. The van der Waals surface area contributed by atoms with E-state index in [1.165, 1.54) is 0 Å². The molecular weight excluding hydrogens is 270 g/mol. The number of thioether (sulfide) groups is 1. The quantitative estimate of drug-likeness (QED) is 0.764. The van der Waals surface area contributed by atoms with E-state index in [1.54, 1.807) is 30.4 Å². The summed E-state index contributed by atoms with van der Waals surface area (Å²) in [5, 5.41) is 14.2. The average molecular weight is 289 g/mol.